The molecule has 1 aliphatic heterocycles. The molecule has 1 fully saturated rings. The lowest BCUT2D eigenvalue weighted by Crippen LogP contribution is -2.37. The lowest BCUT2D eigenvalue weighted by atomic mass is 9.88. The normalized spacial score (nSPS) is 23.9. The van der Waals surface area contributed by atoms with Gasteiger partial charge in [0.2, 0.25) is 0 Å². The van der Waals surface area contributed by atoms with E-state index in [1.165, 1.54) is 6.07 Å². The number of aryl methyl sites for hydroxylation is 1. The van der Waals surface area contributed by atoms with Gasteiger partial charge in [-0.1, -0.05) is 17.7 Å². The Morgan fingerprint density at radius 1 is 1.59 bits per heavy atom. The molecule has 1 aliphatic rings. The molecule has 5 heteroatoms. The molecule has 17 heavy (non-hydrogen) atoms. The van der Waals surface area contributed by atoms with Crippen LogP contribution in [0.5, 0.6) is 0 Å². The van der Waals surface area contributed by atoms with Gasteiger partial charge in [-0.25, -0.2) is 4.79 Å². The number of carboxylic acid groups (broad SMARTS) is 1. The molecule has 1 saturated heterocycles. The summed E-state index contributed by atoms with van der Waals surface area (Å²) in [4.78, 5) is 11.0. The van der Waals surface area contributed by atoms with Crippen LogP contribution in [0.1, 0.15) is 27.9 Å². The van der Waals surface area contributed by atoms with Crippen molar-refractivity contribution in [1.29, 1.82) is 0 Å². The van der Waals surface area contributed by atoms with E-state index in [1.54, 1.807) is 13.0 Å². The van der Waals surface area contributed by atoms with Gasteiger partial charge in [0.05, 0.1) is 17.7 Å². The Kier molecular flexibility index (Phi) is 3.12. The zero-order valence-corrected chi connectivity index (χ0v) is 10.3. The van der Waals surface area contributed by atoms with Crippen LogP contribution >= 0.6 is 11.6 Å². The summed E-state index contributed by atoms with van der Waals surface area (Å²) in [5.41, 5.74) is 7.25. The highest BCUT2D eigenvalue weighted by Gasteiger charge is 2.34. The molecule has 1 aromatic rings. The first-order valence-electron chi connectivity index (χ1n) is 5.34. The van der Waals surface area contributed by atoms with Gasteiger partial charge >= 0.3 is 5.97 Å². The third kappa shape index (κ3) is 2.16. The zero-order valence-electron chi connectivity index (χ0n) is 9.50. The number of ether oxygens (including phenoxy) is 1. The maximum atomic E-state index is 11.0. The minimum Gasteiger partial charge on any atom is -0.478 e. The Morgan fingerprint density at radius 2 is 2.29 bits per heavy atom. The molecule has 0 saturated carbocycles. The van der Waals surface area contributed by atoms with Crippen molar-refractivity contribution in [2.45, 2.75) is 18.9 Å². The van der Waals surface area contributed by atoms with E-state index in [4.69, 9.17) is 27.2 Å². The molecule has 3 N–H and O–H groups in total. The average Bonchev–Trinajstić information content (AvgIpc) is 2.69. The van der Waals surface area contributed by atoms with Gasteiger partial charge in [0, 0.05) is 11.6 Å². The molecule has 1 atom stereocenters. The van der Waals surface area contributed by atoms with Crippen LogP contribution in [0.4, 0.5) is 0 Å². The van der Waals surface area contributed by atoms with Crippen LogP contribution in [0.15, 0.2) is 12.1 Å². The lowest BCUT2D eigenvalue weighted by molar-refractivity contribution is 0.0696. The molecule has 1 unspecified atom stereocenters. The van der Waals surface area contributed by atoms with E-state index in [0.29, 0.717) is 30.2 Å². The predicted octanol–water partition coefficient (Wildman–Crippen LogP) is 1.92. The van der Waals surface area contributed by atoms with E-state index in [-0.39, 0.29) is 5.56 Å². The van der Waals surface area contributed by atoms with Crippen molar-refractivity contribution in [3.8, 4) is 0 Å². The van der Waals surface area contributed by atoms with Crippen LogP contribution in [-0.4, -0.2) is 24.3 Å². The number of nitrogens with two attached hydrogens (primary N) is 1. The quantitative estimate of drug-likeness (QED) is 0.847. The van der Waals surface area contributed by atoms with E-state index < -0.39 is 11.5 Å². The van der Waals surface area contributed by atoms with Gasteiger partial charge in [-0.05, 0) is 30.5 Å². The fourth-order valence-corrected chi connectivity index (χ4v) is 2.44. The van der Waals surface area contributed by atoms with Gasteiger partial charge in [-0.3, -0.25) is 0 Å². The van der Waals surface area contributed by atoms with Crippen molar-refractivity contribution in [3.05, 3.63) is 33.8 Å². The van der Waals surface area contributed by atoms with Crippen LogP contribution in [0.25, 0.3) is 0 Å². The highest BCUT2D eigenvalue weighted by Crippen LogP contribution is 2.34. The fourth-order valence-electron chi connectivity index (χ4n) is 2.09. The fraction of sp³-hybridized carbons (Fsp3) is 0.417. The first-order chi connectivity index (χ1) is 7.94. The monoisotopic (exact) mass is 255 g/mol. The third-order valence-electron chi connectivity index (χ3n) is 3.13. The molecule has 0 spiro atoms. The second-order valence-electron chi connectivity index (χ2n) is 4.41. The summed E-state index contributed by atoms with van der Waals surface area (Å²) in [6.45, 7) is 2.76. The minimum absolute atomic E-state index is 0.210. The summed E-state index contributed by atoms with van der Waals surface area (Å²) in [5.74, 6) is -0.982. The van der Waals surface area contributed by atoms with Crippen LogP contribution in [0.3, 0.4) is 0 Å². The van der Waals surface area contributed by atoms with Gasteiger partial charge in [-0.2, -0.15) is 0 Å². The molecule has 92 valence electrons. The van der Waals surface area contributed by atoms with Crippen molar-refractivity contribution >= 4 is 17.6 Å². The van der Waals surface area contributed by atoms with Gasteiger partial charge in [-0.15, -0.1) is 0 Å². The highest BCUT2D eigenvalue weighted by atomic mass is 35.5. The Balaban J connectivity index is 2.50. The Bertz CT molecular complexity index is 467. The van der Waals surface area contributed by atoms with Crippen LogP contribution < -0.4 is 5.73 Å². The third-order valence-corrected chi connectivity index (χ3v) is 3.45. The minimum atomic E-state index is -0.982. The molecule has 0 amide bonds. The number of hydrogen-bond acceptors (Lipinski definition) is 3. The number of rotatable bonds is 2. The topological polar surface area (TPSA) is 72.5 Å². The predicted molar refractivity (Wildman–Crippen MR) is 64.4 cm³/mol. The molecule has 0 aliphatic carbocycles. The van der Waals surface area contributed by atoms with Crippen molar-refractivity contribution in [1.82, 2.24) is 0 Å². The molecule has 0 aromatic heterocycles. The highest BCUT2D eigenvalue weighted by molar-refractivity contribution is 6.31. The standard InChI is InChI=1S/C12H14ClNO3/c1-7-4-9(12(14)2-3-17-6-12)10(13)5-8(7)11(15)16/h4-5H,2-3,6,14H2,1H3,(H,15,16). The summed E-state index contributed by atoms with van der Waals surface area (Å²) in [6.07, 6.45) is 0.693. The molecule has 1 aromatic carbocycles. The van der Waals surface area contributed by atoms with Crippen molar-refractivity contribution < 1.29 is 14.6 Å². The smallest absolute Gasteiger partial charge is 0.336 e. The molecule has 1 heterocycles. The zero-order chi connectivity index (χ0) is 12.6. The van der Waals surface area contributed by atoms with E-state index in [0.717, 1.165) is 5.56 Å². The average molecular weight is 256 g/mol. The summed E-state index contributed by atoms with van der Waals surface area (Å²) in [5, 5.41) is 9.39. The molecular weight excluding hydrogens is 242 g/mol. The van der Waals surface area contributed by atoms with Crippen LogP contribution in [-0.2, 0) is 10.3 Å². The van der Waals surface area contributed by atoms with E-state index in [2.05, 4.69) is 0 Å². The molecular formula is C12H14ClNO3. The summed E-state index contributed by atoms with van der Waals surface area (Å²) >= 11 is 6.12. The van der Waals surface area contributed by atoms with Gasteiger partial charge in [0.25, 0.3) is 0 Å². The Morgan fingerprint density at radius 3 is 2.82 bits per heavy atom. The van der Waals surface area contributed by atoms with E-state index >= 15 is 0 Å². The Hall–Kier alpha value is -1.10. The van der Waals surface area contributed by atoms with Gasteiger partial charge in [0.15, 0.2) is 0 Å². The van der Waals surface area contributed by atoms with Crippen LogP contribution in [0.2, 0.25) is 5.02 Å². The number of aromatic carboxylic acids is 1. The van der Waals surface area contributed by atoms with Crippen molar-refractivity contribution in [2.75, 3.05) is 13.2 Å². The van der Waals surface area contributed by atoms with E-state index in [9.17, 15) is 4.79 Å². The summed E-state index contributed by atoms with van der Waals surface area (Å²) < 4.78 is 5.29. The summed E-state index contributed by atoms with van der Waals surface area (Å²) in [6, 6.07) is 3.21. The molecule has 4 nitrogen and oxygen atoms in total. The Labute approximate surface area is 104 Å². The SMILES string of the molecule is Cc1cc(C2(N)CCOC2)c(Cl)cc1C(=O)O. The number of halogens is 1. The van der Waals surface area contributed by atoms with Crippen LogP contribution in [0, 0.1) is 6.92 Å². The lowest BCUT2D eigenvalue weighted by Gasteiger charge is -2.24. The first-order valence-corrected chi connectivity index (χ1v) is 5.72. The number of hydrogen-bond donors (Lipinski definition) is 2. The molecule has 2 rings (SSSR count). The first kappa shape index (κ1) is 12.4. The molecule has 0 bridgehead atoms. The largest absolute Gasteiger partial charge is 0.478 e. The van der Waals surface area contributed by atoms with Gasteiger partial charge in [0.1, 0.15) is 0 Å². The van der Waals surface area contributed by atoms with E-state index in [1.807, 2.05) is 0 Å². The number of carbonyl (C=O) groups is 1. The maximum absolute atomic E-state index is 11.0. The number of carboxylic acids is 1. The van der Waals surface area contributed by atoms with Gasteiger partial charge < -0.3 is 15.6 Å². The number of benzene rings is 1. The second kappa shape index (κ2) is 4.29. The summed E-state index contributed by atoms with van der Waals surface area (Å²) in [7, 11) is 0. The molecule has 0 radical (unpaired) electrons. The second-order valence-corrected chi connectivity index (χ2v) is 4.82. The van der Waals surface area contributed by atoms with Crippen molar-refractivity contribution in [3.63, 3.8) is 0 Å². The maximum Gasteiger partial charge on any atom is 0.336 e. The van der Waals surface area contributed by atoms with Crippen molar-refractivity contribution in [2.24, 2.45) is 5.73 Å².